The molecule has 39 heavy (non-hydrogen) atoms. The van der Waals surface area contributed by atoms with Gasteiger partial charge in [-0.05, 0) is 43.2 Å². The van der Waals surface area contributed by atoms with E-state index in [9.17, 15) is 9.59 Å². The van der Waals surface area contributed by atoms with Crippen LogP contribution in [0.1, 0.15) is 36.9 Å². The van der Waals surface area contributed by atoms with E-state index < -0.39 is 0 Å². The molecule has 194 valence electrons. The summed E-state index contributed by atoms with van der Waals surface area (Å²) in [4.78, 5) is 42.5. The Morgan fingerprint density at radius 3 is 2.62 bits per heavy atom. The number of carbonyl (C=O) groups is 2. The fourth-order valence-corrected chi connectivity index (χ4v) is 5.48. The Hall–Kier alpha value is -4.70. The molecule has 0 saturated carbocycles. The molecule has 9 nitrogen and oxygen atoms in total. The Balaban J connectivity index is 1.37. The zero-order chi connectivity index (χ0) is 27.1. The van der Waals surface area contributed by atoms with Gasteiger partial charge < -0.3 is 10.3 Å². The number of pyridine rings is 3. The Labute approximate surface area is 227 Å². The zero-order valence-electron chi connectivity index (χ0n) is 21.6. The van der Waals surface area contributed by atoms with Gasteiger partial charge in [0.2, 0.25) is 5.91 Å². The van der Waals surface area contributed by atoms with Crippen LogP contribution in [0.3, 0.4) is 0 Å². The summed E-state index contributed by atoms with van der Waals surface area (Å²) in [5.74, 6) is 0.272. The molecule has 0 bridgehead atoms. The minimum Gasteiger partial charge on any atom is -0.352 e. The number of ketones is 1. The molecule has 6 heterocycles. The van der Waals surface area contributed by atoms with Crippen molar-refractivity contribution in [3.63, 3.8) is 0 Å². The summed E-state index contributed by atoms with van der Waals surface area (Å²) < 4.78 is 0. The van der Waals surface area contributed by atoms with Crippen LogP contribution in [0.4, 0.5) is 5.69 Å². The number of nitrogens with zero attached hydrogens (tertiary/aromatic N) is 4. The van der Waals surface area contributed by atoms with E-state index in [1.165, 1.54) is 11.3 Å². The third kappa shape index (κ3) is 4.82. The summed E-state index contributed by atoms with van der Waals surface area (Å²) in [5.41, 5.74) is 6.34. The molecule has 0 spiro atoms. The van der Waals surface area contributed by atoms with E-state index in [0.717, 1.165) is 49.2 Å². The number of H-pyrrole nitrogens is 2. The first kappa shape index (κ1) is 24.6. The van der Waals surface area contributed by atoms with Gasteiger partial charge in [0.15, 0.2) is 5.78 Å². The van der Waals surface area contributed by atoms with Crippen LogP contribution in [0.15, 0.2) is 61.3 Å². The van der Waals surface area contributed by atoms with Gasteiger partial charge in [0.05, 0.1) is 51.6 Å². The fraction of sp³-hybridized carbons (Fsp3) is 0.172. The summed E-state index contributed by atoms with van der Waals surface area (Å²) in [7, 11) is 0. The molecule has 0 aliphatic heterocycles. The lowest BCUT2D eigenvalue weighted by atomic mass is 10.1. The number of anilines is 1. The van der Waals surface area contributed by atoms with Crippen LogP contribution in [-0.4, -0.2) is 41.8 Å². The average molecular weight is 536 g/mol. The van der Waals surface area contributed by atoms with Crippen LogP contribution in [-0.2, 0) is 4.79 Å². The highest BCUT2D eigenvalue weighted by molar-refractivity contribution is 7.17. The molecule has 0 aromatic carbocycles. The summed E-state index contributed by atoms with van der Waals surface area (Å²) >= 11 is 1.46. The van der Waals surface area contributed by atoms with Crippen LogP contribution < -0.4 is 5.32 Å². The van der Waals surface area contributed by atoms with Gasteiger partial charge in [0.1, 0.15) is 5.69 Å². The normalized spacial score (nSPS) is 11.5. The smallest absolute Gasteiger partial charge is 0.224 e. The van der Waals surface area contributed by atoms with Crippen molar-refractivity contribution < 1.29 is 9.59 Å². The van der Waals surface area contributed by atoms with Gasteiger partial charge in [0, 0.05) is 45.6 Å². The highest BCUT2D eigenvalue weighted by Crippen LogP contribution is 2.37. The Kier molecular flexibility index (Phi) is 6.24. The zero-order valence-corrected chi connectivity index (χ0v) is 22.4. The number of nitrogens with one attached hydrogen (secondary N) is 3. The van der Waals surface area contributed by atoms with Crippen molar-refractivity contribution >= 4 is 50.5 Å². The van der Waals surface area contributed by atoms with E-state index in [-0.39, 0.29) is 17.6 Å². The van der Waals surface area contributed by atoms with Crippen molar-refractivity contribution in [3.05, 3.63) is 66.2 Å². The molecule has 0 aliphatic rings. The minimum atomic E-state index is -0.0442. The molecule has 0 atom stereocenters. The molecule has 0 fully saturated rings. The van der Waals surface area contributed by atoms with Gasteiger partial charge >= 0.3 is 0 Å². The number of aromatic nitrogens is 6. The maximum absolute atomic E-state index is 12.2. The molecule has 6 aromatic rings. The molecule has 3 N–H and O–H groups in total. The van der Waals surface area contributed by atoms with Crippen LogP contribution >= 0.6 is 11.3 Å². The molecule has 0 saturated heterocycles. The van der Waals surface area contributed by atoms with E-state index in [1.54, 1.807) is 31.7 Å². The number of Topliss-reactive ketones (excluding diaryl/α,β-unsaturated/α-hetero) is 1. The van der Waals surface area contributed by atoms with Crippen LogP contribution in [0.2, 0.25) is 0 Å². The second kappa shape index (κ2) is 9.88. The molecule has 0 radical (unpaired) electrons. The van der Waals surface area contributed by atoms with E-state index >= 15 is 0 Å². The van der Waals surface area contributed by atoms with Crippen molar-refractivity contribution in [1.29, 1.82) is 0 Å². The van der Waals surface area contributed by atoms with Crippen LogP contribution in [0, 0.1) is 5.92 Å². The monoisotopic (exact) mass is 535 g/mol. The lowest BCUT2D eigenvalue weighted by Crippen LogP contribution is -2.13. The Morgan fingerprint density at radius 2 is 1.82 bits per heavy atom. The first-order valence-corrected chi connectivity index (χ1v) is 13.3. The molecule has 0 unspecified atom stereocenters. The predicted molar refractivity (Wildman–Crippen MR) is 154 cm³/mol. The van der Waals surface area contributed by atoms with Crippen LogP contribution in [0.5, 0.6) is 0 Å². The quantitative estimate of drug-likeness (QED) is 0.201. The molecule has 6 rings (SSSR count). The molecule has 1 amide bonds. The van der Waals surface area contributed by atoms with E-state index in [2.05, 4.69) is 41.5 Å². The van der Waals surface area contributed by atoms with Gasteiger partial charge in [-0.2, -0.15) is 5.10 Å². The summed E-state index contributed by atoms with van der Waals surface area (Å²) in [5, 5.41) is 12.5. The first-order valence-electron chi connectivity index (χ1n) is 12.5. The van der Waals surface area contributed by atoms with Crippen molar-refractivity contribution in [1.82, 2.24) is 30.1 Å². The van der Waals surface area contributed by atoms with Crippen molar-refractivity contribution in [3.8, 4) is 33.1 Å². The third-order valence-corrected chi connectivity index (χ3v) is 7.60. The Bertz CT molecular complexity index is 1860. The largest absolute Gasteiger partial charge is 0.352 e. The number of carbonyl (C=O) groups excluding carboxylic acids is 2. The van der Waals surface area contributed by atoms with Crippen molar-refractivity contribution in [2.45, 2.75) is 27.2 Å². The van der Waals surface area contributed by atoms with E-state index in [1.807, 2.05) is 44.3 Å². The number of hydrogen-bond donors (Lipinski definition) is 3. The molecular formula is C29H25N7O2S. The number of thiophene rings is 1. The summed E-state index contributed by atoms with van der Waals surface area (Å²) in [6.07, 6.45) is 9.15. The SMILES string of the molecule is CC(=O)c1ccc(-c2cncc3[nH]c(-c4n[nH]c5cnc(-c6cncc(NC(=O)CC(C)C)c6)cc45)cc23)s1. The standard InChI is InChI=1S/C29H25N7O2S/c1-15(2)6-28(38)33-18-7-17(10-30-11-18)22-9-20-25(14-32-22)35-36-29(20)23-8-19-21(12-31-13-24(19)34-23)27-5-4-26(39-27)16(3)37/h4-5,7-15,34H,6H2,1-3H3,(H,33,38)(H,35,36). The van der Waals surface area contributed by atoms with E-state index in [0.29, 0.717) is 22.7 Å². The fourth-order valence-electron chi connectivity index (χ4n) is 4.56. The molecule has 6 aromatic heterocycles. The number of hydrogen-bond acceptors (Lipinski definition) is 7. The van der Waals surface area contributed by atoms with Crippen molar-refractivity contribution in [2.24, 2.45) is 5.92 Å². The second-order valence-corrected chi connectivity index (χ2v) is 10.9. The maximum Gasteiger partial charge on any atom is 0.224 e. The lowest BCUT2D eigenvalue weighted by Gasteiger charge is -2.08. The number of fused-ring (bicyclic) bond motifs is 2. The van der Waals surface area contributed by atoms with Gasteiger partial charge in [-0.15, -0.1) is 11.3 Å². The highest BCUT2D eigenvalue weighted by Gasteiger charge is 2.17. The average Bonchev–Trinajstić information content (AvgIpc) is 3.65. The second-order valence-electron chi connectivity index (χ2n) is 9.85. The Morgan fingerprint density at radius 1 is 0.974 bits per heavy atom. The van der Waals surface area contributed by atoms with Crippen molar-refractivity contribution in [2.75, 3.05) is 5.32 Å². The predicted octanol–water partition coefficient (Wildman–Crippen LogP) is 6.48. The van der Waals surface area contributed by atoms with Gasteiger partial charge in [-0.3, -0.25) is 29.6 Å². The van der Waals surface area contributed by atoms with Crippen LogP contribution in [0.25, 0.3) is 54.9 Å². The first-order chi connectivity index (χ1) is 18.9. The summed E-state index contributed by atoms with van der Waals surface area (Å²) in [6, 6.07) is 9.70. The number of rotatable bonds is 7. The summed E-state index contributed by atoms with van der Waals surface area (Å²) in [6.45, 7) is 5.59. The molecule has 10 heteroatoms. The van der Waals surface area contributed by atoms with Gasteiger partial charge in [0.25, 0.3) is 0 Å². The molecular weight excluding hydrogens is 510 g/mol. The third-order valence-electron chi connectivity index (χ3n) is 6.38. The minimum absolute atomic E-state index is 0.0442. The maximum atomic E-state index is 12.2. The lowest BCUT2D eigenvalue weighted by molar-refractivity contribution is -0.116. The number of amides is 1. The topological polar surface area (TPSA) is 129 Å². The molecule has 0 aliphatic carbocycles. The van der Waals surface area contributed by atoms with Gasteiger partial charge in [-0.25, -0.2) is 0 Å². The van der Waals surface area contributed by atoms with Gasteiger partial charge in [-0.1, -0.05) is 13.8 Å². The number of aromatic amines is 2. The van der Waals surface area contributed by atoms with E-state index in [4.69, 9.17) is 0 Å². The highest BCUT2D eigenvalue weighted by atomic mass is 32.1.